The molecule has 196 valence electrons. The van der Waals surface area contributed by atoms with Gasteiger partial charge in [0, 0.05) is 23.9 Å². The van der Waals surface area contributed by atoms with Crippen molar-refractivity contribution in [2.24, 2.45) is 22.7 Å². The summed E-state index contributed by atoms with van der Waals surface area (Å²) in [5.41, 5.74) is -1.42. The fraction of sp³-hybridized carbons (Fsp3) is 0.840. The fourth-order valence-corrected chi connectivity index (χ4v) is 3.64. The topological polar surface area (TPSA) is 114 Å². The van der Waals surface area contributed by atoms with Crippen LogP contribution in [0.3, 0.4) is 0 Å². The van der Waals surface area contributed by atoms with Crippen LogP contribution in [0.1, 0.15) is 68.7 Å². The number of urea groups is 1. The van der Waals surface area contributed by atoms with E-state index in [1.165, 1.54) is 0 Å². The lowest BCUT2D eigenvalue weighted by atomic mass is 9.78. The molecule has 1 heterocycles. The van der Waals surface area contributed by atoms with Crippen LogP contribution >= 0.6 is 0 Å². The van der Waals surface area contributed by atoms with E-state index in [0.717, 1.165) is 0 Å². The molecule has 3 amide bonds. The number of alkyl carbamates (subject to hydrolysis) is 1. The standard InChI is InChI=1S/C25H45N3O6/c1-16(2)18(20(29)24(5,6)7)27-23(32)34-13-10-25(8,9)21(30)19(17(3)4)26-22(31)28-11-14-33-15-12-28/h16-19H,10-15H2,1-9H3,(H,26,31)(H,27,32)/t18-,19?/m0/s1. The van der Waals surface area contributed by atoms with E-state index in [2.05, 4.69) is 10.6 Å². The normalized spacial score (nSPS) is 16.7. The molecule has 0 aromatic heterocycles. The number of morpholine rings is 1. The molecule has 1 unspecified atom stereocenters. The van der Waals surface area contributed by atoms with Crippen LogP contribution in [0.25, 0.3) is 0 Å². The second-order valence-electron chi connectivity index (χ2n) is 11.4. The second-order valence-corrected chi connectivity index (χ2v) is 11.4. The number of nitrogens with zero attached hydrogens (tertiary/aromatic N) is 1. The molecule has 9 nitrogen and oxygen atoms in total. The van der Waals surface area contributed by atoms with Crippen molar-refractivity contribution in [2.45, 2.75) is 80.8 Å². The van der Waals surface area contributed by atoms with Crippen LogP contribution in [0.4, 0.5) is 9.59 Å². The van der Waals surface area contributed by atoms with Gasteiger partial charge in [0.1, 0.15) is 0 Å². The maximum absolute atomic E-state index is 13.3. The molecule has 1 aliphatic heterocycles. The molecule has 0 aromatic carbocycles. The molecule has 9 heteroatoms. The van der Waals surface area contributed by atoms with Crippen LogP contribution in [-0.2, 0) is 19.1 Å². The number of rotatable bonds is 10. The Hall–Kier alpha value is -2.16. The monoisotopic (exact) mass is 483 g/mol. The van der Waals surface area contributed by atoms with E-state index in [-0.39, 0.29) is 42.5 Å². The fourth-order valence-electron chi connectivity index (χ4n) is 3.64. The zero-order valence-electron chi connectivity index (χ0n) is 22.4. The Bertz CT molecular complexity index is 721. The summed E-state index contributed by atoms with van der Waals surface area (Å²) in [6, 6.07) is -1.58. The summed E-state index contributed by atoms with van der Waals surface area (Å²) in [5, 5.41) is 5.55. The van der Waals surface area contributed by atoms with Gasteiger partial charge in [-0.2, -0.15) is 0 Å². The van der Waals surface area contributed by atoms with E-state index < -0.39 is 29.0 Å². The van der Waals surface area contributed by atoms with Crippen LogP contribution in [0.5, 0.6) is 0 Å². The van der Waals surface area contributed by atoms with Crippen molar-refractivity contribution in [3.05, 3.63) is 0 Å². The molecule has 0 radical (unpaired) electrons. The number of carbonyl (C=O) groups excluding carboxylic acids is 4. The molecule has 34 heavy (non-hydrogen) atoms. The Labute approximate surface area is 204 Å². The molecule has 0 aliphatic carbocycles. The maximum atomic E-state index is 13.3. The molecule has 1 saturated heterocycles. The molecule has 1 aliphatic rings. The van der Waals surface area contributed by atoms with Gasteiger partial charge in [0.25, 0.3) is 0 Å². The van der Waals surface area contributed by atoms with Gasteiger partial charge in [0.05, 0.1) is 31.9 Å². The third-order valence-corrected chi connectivity index (χ3v) is 6.12. The SMILES string of the molecule is CC(C)C(NC(=O)N1CCOCC1)C(=O)C(C)(C)CCOC(=O)N[C@H](C(=O)C(C)(C)C)C(C)C. The molecule has 2 atom stereocenters. The highest BCUT2D eigenvalue weighted by Crippen LogP contribution is 2.26. The molecule has 1 rings (SSSR count). The van der Waals surface area contributed by atoms with E-state index in [0.29, 0.717) is 26.3 Å². The molecule has 0 saturated carbocycles. The molecular formula is C25H45N3O6. The quantitative estimate of drug-likeness (QED) is 0.492. The van der Waals surface area contributed by atoms with Crippen molar-refractivity contribution in [1.82, 2.24) is 15.5 Å². The second kappa shape index (κ2) is 12.5. The lowest BCUT2D eigenvalue weighted by Gasteiger charge is -2.34. The van der Waals surface area contributed by atoms with Crippen molar-refractivity contribution in [2.75, 3.05) is 32.9 Å². The van der Waals surface area contributed by atoms with E-state index >= 15 is 0 Å². The third kappa shape index (κ3) is 8.89. The molecule has 0 bridgehead atoms. The van der Waals surface area contributed by atoms with Gasteiger partial charge < -0.3 is 25.0 Å². The molecule has 1 fully saturated rings. The minimum atomic E-state index is -0.827. The maximum Gasteiger partial charge on any atom is 0.407 e. The van der Waals surface area contributed by atoms with Crippen LogP contribution in [0.2, 0.25) is 0 Å². The van der Waals surface area contributed by atoms with Crippen molar-refractivity contribution in [1.29, 1.82) is 0 Å². The Morgan fingerprint density at radius 3 is 1.82 bits per heavy atom. The van der Waals surface area contributed by atoms with Gasteiger partial charge in [-0.3, -0.25) is 9.59 Å². The summed E-state index contributed by atoms with van der Waals surface area (Å²) >= 11 is 0. The Balaban J connectivity index is 2.69. The average Bonchev–Trinajstić information content (AvgIpc) is 2.74. The number of ketones is 2. The summed E-state index contributed by atoms with van der Waals surface area (Å²) in [5.74, 6) is -0.364. The van der Waals surface area contributed by atoms with Gasteiger partial charge in [-0.25, -0.2) is 9.59 Å². The van der Waals surface area contributed by atoms with Gasteiger partial charge in [0.2, 0.25) is 0 Å². The van der Waals surface area contributed by atoms with Gasteiger partial charge in [-0.1, -0.05) is 62.3 Å². The number of Topliss-reactive ketones (excluding diaryl/α,β-unsaturated/α-hetero) is 2. The number of nitrogens with one attached hydrogen (secondary N) is 2. The lowest BCUT2D eigenvalue weighted by Crippen LogP contribution is -2.55. The number of ether oxygens (including phenoxy) is 2. The highest BCUT2D eigenvalue weighted by atomic mass is 16.5. The van der Waals surface area contributed by atoms with E-state index in [4.69, 9.17) is 9.47 Å². The first-order valence-corrected chi connectivity index (χ1v) is 12.2. The van der Waals surface area contributed by atoms with Crippen molar-refractivity contribution < 1.29 is 28.7 Å². The highest BCUT2D eigenvalue weighted by molar-refractivity contribution is 5.93. The number of hydrogen-bond donors (Lipinski definition) is 2. The first-order valence-electron chi connectivity index (χ1n) is 12.2. The Morgan fingerprint density at radius 2 is 1.35 bits per heavy atom. The molecule has 0 spiro atoms. The number of amides is 3. The Kier molecular flexibility index (Phi) is 11.0. The van der Waals surface area contributed by atoms with E-state index in [1.807, 2.05) is 48.5 Å². The predicted molar refractivity (Wildman–Crippen MR) is 131 cm³/mol. The summed E-state index contributed by atoms with van der Waals surface area (Å²) in [4.78, 5) is 52.6. The van der Waals surface area contributed by atoms with Crippen molar-refractivity contribution in [3.8, 4) is 0 Å². The lowest BCUT2D eigenvalue weighted by molar-refractivity contribution is -0.131. The van der Waals surface area contributed by atoms with Crippen LogP contribution in [0.15, 0.2) is 0 Å². The number of hydrogen-bond acceptors (Lipinski definition) is 6. The summed E-state index contributed by atoms with van der Waals surface area (Å²) in [6.07, 6.45) is -0.393. The third-order valence-electron chi connectivity index (χ3n) is 6.12. The van der Waals surface area contributed by atoms with Crippen molar-refractivity contribution >= 4 is 23.7 Å². The Morgan fingerprint density at radius 1 is 0.853 bits per heavy atom. The minimum Gasteiger partial charge on any atom is -0.450 e. The smallest absolute Gasteiger partial charge is 0.407 e. The zero-order chi connectivity index (χ0) is 26.3. The highest BCUT2D eigenvalue weighted by Gasteiger charge is 2.37. The zero-order valence-corrected chi connectivity index (χ0v) is 22.4. The van der Waals surface area contributed by atoms with Crippen molar-refractivity contribution in [3.63, 3.8) is 0 Å². The van der Waals surface area contributed by atoms with Gasteiger partial charge >= 0.3 is 12.1 Å². The molecule has 0 aromatic rings. The summed E-state index contributed by atoms with van der Waals surface area (Å²) in [6.45, 7) is 18.5. The largest absolute Gasteiger partial charge is 0.450 e. The van der Waals surface area contributed by atoms with E-state index in [1.54, 1.807) is 18.7 Å². The van der Waals surface area contributed by atoms with Crippen LogP contribution < -0.4 is 10.6 Å². The van der Waals surface area contributed by atoms with Crippen LogP contribution in [-0.4, -0.2) is 73.6 Å². The van der Waals surface area contributed by atoms with Gasteiger partial charge in [0.15, 0.2) is 11.6 Å². The first-order chi connectivity index (χ1) is 15.6. The number of carbonyl (C=O) groups is 4. The van der Waals surface area contributed by atoms with Gasteiger partial charge in [-0.15, -0.1) is 0 Å². The summed E-state index contributed by atoms with van der Waals surface area (Å²) in [7, 11) is 0. The average molecular weight is 484 g/mol. The predicted octanol–water partition coefficient (Wildman–Crippen LogP) is 3.40. The van der Waals surface area contributed by atoms with Crippen LogP contribution in [0, 0.1) is 22.7 Å². The molecular weight excluding hydrogens is 438 g/mol. The van der Waals surface area contributed by atoms with Gasteiger partial charge in [-0.05, 0) is 18.3 Å². The first kappa shape index (κ1) is 29.9. The molecule has 2 N–H and O–H groups in total. The van der Waals surface area contributed by atoms with E-state index in [9.17, 15) is 19.2 Å². The minimum absolute atomic E-state index is 0.0152. The summed E-state index contributed by atoms with van der Waals surface area (Å²) < 4.78 is 10.6.